The Kier molecular flexibility index (Phi) is 4.70. The molecule has 0 spiro atoms. The van der Waals surface area contributed by atoms with Gasteiger partial charge in [0.05, 0.1) is 17.8 Å². The fourth-order valence-corrected chi connectivity index (χ4v) is 2.11. The normalized spacial score (nSPS) is 10.8. The average Bonchev–Trinajstić information content (AvgIpc) is 3.13. The number of halogens is 3. The molecule has 0 aliphatic carbocycles. The largest absolute Gasteiger partial charge is 0.416 e. The highest BCUT2D eigenvalue weighted by Gasteiger charge is 2.29. The molecule has 0 aliphatic heterocycles. The number of alkyl halides is 3. The summed E-state index contributed by atoms with van der Waals surface area (Å²) in [5.41, 5.74) is 1.63. The Balaban J connectivity index is 1.56. The second-order valence-corrected chi connectivity index (χ2v) is 5.12. The van der Waals surface area contributed by atoms with Crippen LogP contribution in [0.1, 0.15) is 11.1 Å². The Labute approximate surface area is 142 Å². The van der Waals surface area contributed by atoms with Crippen LogP contribution in [0, 0.1) is 11.8 Å². The van der Waals surface area contributed by atoms with E-state index in [1.165, 1.54) is 18.5 Å². The molecule has 0 bridgehead atoms. The maximum absolute atomic E-state index is 12.5. The zero-order valence-electron chi connectivity index (χ0n) is 13.0. The third-order valence-electron chi connectivity index (χ3n) is 3.38. The minimum absolute atomic E-state index is 0.379. The van der Waals surface area contributed by atoms with Gasteiger partial charge >= 0.3 is 6.18 Å². The molecule has 2 aromatic carbocycles. The van der Waals surface area contributed by atoms with Gasteiger partial charge in [-0.3, -0.25) is 0 Å². The first-order valence-corrected chi connectivity index (χ1v) is 7.37. The minimum Gasteiger partial charge on any atom is -0.374 e. The quantitative estimate of drug-likeness (QED) is 0.737. The lowest BCUT2D eigenvalue weighted by molar-refractivity contribution is -0.137. The summed E-state index contributed by atoms with van der Waals surface area (Å²) in [7, 11) is 0. The van der Waals surface area contributed by atoms with Crippen molar-refractivity contribution in [3.8, 4) is 17.5 Å². The van der Waals surface area contributed by atoms with Gasteiger partial charge < -0.3 is 5.32 Å². The third-order valence-corrected chi connectivity index (χ3v) is 3.38. The lowest BCUT2D eigenvalue weighted by atomic mass is 10.1. The van der Waals surface area contributed by atoms with E-state index in [2.05, 4.69) is 27.2 Å². The molecular weight excluding hydrogens is 329 g/mol. The Morgan fingerprint density at radius 3 is 2.32 bits per heavy atom. The van der Waals surface area contributed by atoms with Crippen LogP contribution in [0.3, 0.4) is 0 Å². The van der Waals surface area contributed by atoms with Gasteiger partial charge in [-0.25, -0.2) is 9.67 Å². The third kappa shape index (κ3) is 4.38. The standard InChI is InChI=1S/C18H13F3N4/c19-18(20,21)15-5-3-14(4-6-15)2-1-11-23-16-7-9-17(10-8-16)25-13-22-12-24-25/h3-10,12-13,23H,11H2. The molecule has 0 unspecified atom stereocenters. The maximum Gasteiger partial charge on any atom is 0.416 e. The second-order valence-electron chi connectivity index (χ2n) is 5.12. The molecule has 0 radical (unpaired) electrons. The summed E-state index contributed by atoms with van der Waals surface area (Å²) in [6.45, 7) is 0.379. The van der Waals surface area contributed by atoms with Crippen molar-refractivity contribution in [1.82, 2.24) is 14.8 Å². The first-order valence-electron chi connectivity index (χ1n) is 7.37. The highest BCUT2D eigenvalue weighted by atomic mass is 19.4. The SMILES string of the molecule is FC(F)(F)c1ccc(C#CCNc2ccc(-n3cncn3)cc2)cc1. The second kappa shape index (κ2) is 7.09. The molecule has 0 fully saturated rings. The molecule has 0 atom stereocenters. The molecule has 126 valence electrons. The fourth-order valence-electron chi connectivity index (χ4n) is 2.11. The monoisotopic (exact) mass is 342 g/mol. The number of aromatic nitrogens is 3. The first kappa shape index (κ1) is 16.6. The van der Waals surface area contributed by atoms with Crippen LogP contribution < -0.4 is 5.32 Å². The van der Waals surface area contributed by atoms with Crippen LogP contribution in [-0.2, 0) is 6.18 Å². The van der Waals surface area contributed by atoms with Crippen LogP contribution in [0.4, 0.5) is 18.9 Å². The Hall–Kier alpha value is -3.27. The van der Waals surface area contributed by atoms with Crippen molar-refractivity contribution >= 4 is 5.69 Å². The van der Waals surface area contributed by atoms with E-state index in [4.69, 9.17) is 0 Å². The zero-order valence-corrected chi connectivity index (χ0v) is 13.0. The van der Waals surface area contributed by atoms with Crippen LogP contribution in [0.15, 0.2) is 61.2 Å². The summed E-state index contributed by atoms with van der Waals surface area (Å²) in [6, 6.07) is 12.3. The molecule has 0 aliphatic rings. The predicted molar refractivity (Wildman–Crippen MR) is 88.2 cm³/mol. The van der Waals surface area contributed by atoms with Crippen molar-refractivity contribution in [3.63, 3.8) is 0 Å². The molecule has 1 aromatic heterocycles. The zero-order chi connectivity index (χ0) is 17.7. The van der Waals surface area contributed by atoms with Crippen molar-refractivity contribution in [1.29, 1.82) is 0 Å². The molecule has 0 amide bonds. The van der Waals surface area contributed by atoms with E-state index in [-0.39, 0.29) is 0 Å². The van der Waals surface area contributed by atoms with Gasteiger partial charge in [0.15, 0.2) is 0 Å². The topological polar surface area (TPSA) is 42.7 Å². The van der Waals surface area contributed by atoms with E-state index in [0.717, 1.165) is 23.5 Å². The van der Waals surface area contributed by atoms with Gasteiger partial charge in [0.1, 0.15) is 12.7 Å². The van der Waals surface area contributed by atoms with Gasteiger partial charge in [0.25, 0.3) is 0 Å². The number of anilines is 1. The molecule has 0 saturated carbocycles. The number of hydrogen-bond donors (Lipinski definition) is 1. The van der Waals surface area contributed by atoms with E-state index in [9.17, 15) is 13.2 Å². The van der Waals surface area contributed by atoms with E-state index in [1.54, 1.807) is 11.0 Å². The van der Waals surface area contributed by atoms with Gasteiger partial charge in [-0.05, 0) is 48.5 Å². The van der Waals surface area contributed by atoms with Crippen molar-refractivity contribution in [3.05, 3.63) is 72.3 Å². The Morgan fingerprint density at radius 2 is 1.72 bits per heavy atom. The summed E-state index contributed by atoms with van der Waals surface area (Å²) in [5.74, 6) is 5.71. The summed E-state index contributed by atoms with van der Waals surface area (Å²) < 4.78 is 39.1. The number of benzene rings is 2. The van der Waals surface area contributed by atoms with E-state index in [0.29, 0.717) is 12.1 Å². The van der Waals surface area contributed by atoms with E-state index >= 15 is 0 Å². The maximum atomic E-state index is 12.5. The smallest absolute Gasteiger partial charge is 0.374 e. The molecule has 3 aromatic rings. The van der Waals surface area contributed by atoms with Crippen molar-refractivity contribution < 1.29 is 13.2 Å². The Morgan fingerprint density at radius 1 is 1.00 bits per heavy atom. The fraction of sp³-hybridized carbons (Fsp3) is 0.111. The van der Waals surface area contributed by atoms with Gasteiger partial charge in [0, 0.05) is 11.3 Å². The van der Waals surface area contributed by atoms with E-state index < -0.39 is 11.7 Å². The average molecular weight is 342 g/mol. The predicted octanol–water partition coefficient (Wildman–Crippen LogP) is 3.75. The highest BCUT2D eigenvalue weighted by Crippen LogP contribution is 2.28. The minimum atomic E-state index is -4.33. The Bertz CT molecular complexity index is 871. The van der Waals surface area contributed by atoms with Crippen molar-refractivity contribution in [2.45, 2.75) is 6.18 Å². The summed E-state index contributed by atoms with van der Waals surface area (Å²) in [4.78, 5) is 3.88. The first-order chi connectivity index (χ1) is 12.0. The number of rotatable bonds is 3. The van der Waals surface area contributed by atoms with Gasteiger partial charge in [-0.15, -0.1) is 0 Å². The van der Waals surface area contributed by atoms with Crippen LogP contribution >= 0.6 is 0 Å². The number of nitrogens with one attached hydrogen (secondary N) is 1. The molecule has 25 heavy (non-hydrogen) atoms. The lowest BCUT2D eigenvalue weighted by Gasteiger charge is -2.05. The van der Waals surface area contributed by atoms with Gasteiger partial charge in [0.2, 0.25) is 0 Å². The van der Waals surface area contributed by atoms with Crippen molar-refractivity contribution in [2.75, 3.05) is 11.9 Å². The molecule has 3 rings (SSSR count). The van der Waals surface area contributed by atoms with Crippen molar-refractivity contribution in [2.24, 2.45) is 0 Å². The number of nitrogens with zero attached hydrogens (tertiary/aromatic N) is 3. The van der Waals surface area contributed by atoms with Crippen LogP contribution in [0.2, 0.25) is 0 Å². The van der Waals surface area contributed by atoms with Crippen LogP contribution in [-0.4, -0.2) is 21.3 Å². The lowest BCUT2D eigenvalue weighted by Crippen LogP contribution is -2.04. The molecule has 1 N–H and O–H groups in total. The van der Waals surface area contributed by atoms with E-state index in [1.807, 2.05) is 24.3 Å². The van der Waals surface area contributed by atoms with Crippen LogP contribution in [0.25, 0.3) is 5.69 Å². The molecule has 0 saturated heterocycles. The van der Waals surface area contributed by atoms with Crippen LogP contribution in [0.5, 0.6) is 0 Å². The number of hydrogen-bond acceptors (Lipinski definition) is 3. The highest BCUT2D eigenvalue weighted by molar-refractivity contribution is 5.49. The molecule has 7 heteroatoms. The summed E-state index contributed by atoms with van der Waals surface area (Å²) in [6.07, 6.45) is -1.26. The summed E-state index contributed by atoms with van der Waals surface area (Å²) in [5, 5.41) is 7.16. The molecule has 4 nitrogen and oxygen atoms in total. The molecule has 1 heterocycles. The molecular formula is C18H13F3N4. The van der Waals surface area contributed by atoms with Gasteiger partial charge in [-0.2, -0.15) is 18.3 Å². The summed E-state index contributed by atoms with van der Waals surface area (Å²) >= 11 is 0. The van der Waals surface area contributed by atoms with Gasteiger partial charge in [-0.1, -0.05) is 11.8 Å².